The lowest BCUT2D eigenvalue weighted by atomic mass is 9.92. The summed E-state index contributed by atoms with van der Waals surface area (Å²) in [6.45, 7) is 8.03. The molecule has 0 bridgehead atoms. The van der Waals surface area contributed by atoms with Crippen LogP contribution in [0.3, 0.4) is 0 Å². The molecule has 50 heavy (non-hydrogen) atoms. The van der Waals surface area contributed by atoms with Crippen molar-refractivity contribution in [1.29, 1.82) is 0 Å². The highest BCUT2D eigenvalue weighted by Crippen LogP contribution is 2.38. The van der Waals surface area contributed by atoms with Crippen molar-refractivity contribution < 1.29 is 41.0 Å². The largest absolute Gasteiger partial charge is 0.481 e. The van der Waals surface area contributed by atoms with Gasteiger partial charge in [0.1, 0.15) is 23.1 Å². The van der Waals surface area contributed by atoms with Crippen LogP contribution in [0, 0.1) is 29.4 Å². The first-order chi connectivity index (χ1) is 23.6. The zero-order chi connectivity index (χ0) is 36.4. The second-order valence-corrected chi connectivity index (χ2v) is 13.8. The van der Waals surface area contributed by atoms with Crippen LogP contribution in [0.1, 0.15) is 38.5 Å². The molecule has 0 unspecified atom stereocenters. The summed E-state index contributed by atoms with van der Waals surface area (Å²) < 4.78 is 81.6. The van der Waals surface area contributed by atoms with Crippen LogP contribution in [0.2, 0.25) is 0 Å². The van der Waals surface area contributed by atoms with Gasteiger partial charge in [0.25, 0.3) is 17.0 Å². The molecule has 0 saturated heterocycles. The summed E-state index contributed by atoms with van der Waals surface area (Å²) in [6, 6.07) is 7.77. The molecule has 2 aliphatic heterocycles. The summed E-state index contributed by atoms with van der Waals surface area (Å²) in [5.41, 5.74) is 1.13. The molecule has 0 radical (unpaired) electrons. The van der Waals surface area contributed by atoms with Crippen LogP contribution in [0.15, 0.2) is 41.4 Å². The maximum atomic E-state index is 14.5. The van der Waals surface area contributed by atoms with E-state index in [-0.39, 0.29) is 52.7 Å². The number of aromatic nitrogens is 4. The fourth-order valence-corrected chi connectivity index (χ4v) is 6.47. The molecule has 6 rings (SSSR count). The predicted octanol–water partition coefficient (Wildman–Crippen LogP) is 5.77. The molecular weight excluding hydrogens is 706 g/mol. The van der Waals surface area contributed by atoms with Gasteiger partial charge in [-0.05, 0) is 49.6 Å². The van der Waals surface area contributed by atoms with Crippen molar-refractivity contribution in [3.05, 3.63) is 63.7 Å². The molecule has 0 saturated carbocycles. The van der Waals surface area contributed by atoms with Crippen molar-refractivity contribution >= 4 is 51.7 Å². The Morgan fingerprint density at radius 2 is 1.92 bits per heavy atom. The molecule has 11 nitrogen and oxygen atoms in total. The number of benzene rings is 2. The number of anilines is 2. The monoisotopic (exact) mass is 735 g/mol. The second-order valence-electron chi connectivity index (χ2n) is 12.2. The molecule has 2 aliphatic rings. The van der Waals surface area contributed by atoms with Gasteiger partial charge in [0.2, 0.25) is 9.81 Å². The van der Waals surface area contributed by atoms with Gasteiger partial charge in [-0.1, -0.05) is 36.2 Å². The molecule has 0 fully saturated rings. The topological polar surface area (TPSA) is 115 Å². The van der Waals surface area contributed by atoms with Crippen LogP contribution in [-0.4, -0.2) is 56.8 Å². The van der Waals surface area contributed by atoms with Gasteiger partial charge in [0, 0.05) is 42.3 Å². The highest BCUT2D eigenvalue weighted by atomic mass is 32.1. The average molecular weight is 736 g/mol. The molecule has 2 amide bonds. The summed E-state index contributed by atoms with van der Waals surface area (Å²) >= 11 is 1.45. The average Bonchev–Trinajstić information content (AvgIpc) is 3.74. The summed E-state index contributed by atoms with van der Waals surface area (Å²) in [6.07, 6.45) is 1.61. The number of terminal acetylenes is 1. The van der Waals surface area contributed by atoms with Gasteiger partial charge in [-0.15, -0.1) is 11.5 Å². The second kappa shape index (κ2) is 14.5. The highest BCUT2D eigenvalue weighted by Gasteiger charge is 2.36. The Morgan fingerprint density at radius 1 is 1.20 bits per heavy atom. The quantitative estimate of drug-likeness (QED) is 0.175. The Kier molecular flexibility index (Phi) is 10.6. The van der Waals surface area contributed by atoms with E-state index in [1.165, 1.54) is 57.7 Å². The summed E-state index contributed by atoms with van der Waals surface area (Å²) in [5, 5.41) is 4.72. The standard InChI is InChI=1S/C18H17FN4O2S.C14H13F4N3O2S/c1-4-5-22-13-7-12(11(19)6-14(13)25-9-16(22)24)20-17-23-10-18(2,3)8-15(23)21-26-17;1-8(2)21(10-5-3-9(15)4-6-10)11(22)7-23-13-20-19-12(24-13)14(16,17)18/h1,6-7H,5,8-10H2,2-3H3;3-6,8H,7H2,1-2H3. The van der Waals surface area contributed by atoms with Crippen molar-refractivity contribution in [3.63, 3.8) is 0 Å². The lowest BCUT2D eigenvalue weighted by Gasteiger charge is -2.28. The number of halogens is 5. The minimum absolute atomic E-state index is 0.0964. The van der Waals surface area contributed by atoms with Crippen molar-refractivity contribution in [1.82, 2.24) is 19.1 Å². The van der Waals surface area contributed by atoms with Crippen LogP contribution < -0.4 is 24.1 Å². The van der Waals surface area contributed by atoms with Crippen LogP contribution >= 0.6 is 22.9 Å². The molecule has 2 aromatic heterocycles. The molecule has 264 valence electrons. The Labute approximate surface area is 291 Å². The van der Waals surface area contributed by atoms with Gasteiger partial charge >= 0.3 is 6.18 Å². The van der Waals surface area contributed by atoms with E-state index in [1.807, 2.05) is 4.57 Å². The summed E-state index contributed by atoms with van der Waals surface area (Å²) in [7, 11) is 0. The molecular formula is C32H30F5N7O4S2. The number of carbonyl (C=O) groups is 2. The number of hydrogen-bond donors (Lipinski definition) is 0. The summed E-state index contributed by atoms with van der Waals surface area (Å²) in [4.78, 5) is 32.2. The first-order valence-electron chi connectivity index (χ1n) is 15.0. The van der Waals surface area contributed by atoms with E-state index >= 15 is 0 Å². The number of ether oxygens (including phenoxy) is 2. The molecule has 2 aromatic carbocycles. The van der Waals surface area contributed by atoms with Crippen molar-refractivity contribution in [2.24, 2.45) is 10.4 Å². The first-order valence-corrected chi connectivity index (χ1v) is 16.6. The molecule has 0 N–H and O–H groups in total. The lowest BCUT2D eigenvalue weighted by Crippen LogP contribution is -2.40. The maximum Gasteiger partial charge on any atom is 0.445 e. The third-order valence-corrected chi connectivity index (χ3v) is 8.95. The Balaban J connectivity index is 0.000000195. The fraction of sp³-hybridized carbons (Fsp3) is 0.375. The van der Waals surface area contributed by atoms with Crippen LogP contribution in [-0.2, 0) is 28.7 Å². The van der Waals surface area contributed by atoms with E-state index in [0.29, 0.717) is 21.9 Å². The summed E-state index contributed by atoms with van der Waals surface area (Å²) in [5.74, 6) is 1.98. The molecule has 18 heteroatoms. The van der Waals surface area contributed by atoms with E-state index in [1.54, 1.807) is 13.8 Å². The Morgan fingerprint density at radius 3 is 2.56 bits per heavy atom. The number of fused-ring (bicyclic) bond motifs is 2. The van der Waals surface area contributed by atoms with E-state index in [2.05, 4.69) is 39.3 Å². The Bertz CT molecular complexity index is 2000. The molecule has 4 heterocycles. The normalized spacial score (nSPS) is 15.1. The van der Waals surface area contributed by atoms with E-state index < -0.39 is 35.3 Å². The predicted molar refractivity (Wildman–Crippen MR) is 175 cm³/mol. The van der Waals surface area contributed by atoms with Crippen molar-refractivity contribution in [3.8, 4) is 23.3 Å². The van der Waals surface area contributed by atoms with Crippen LogP contribution in [0.5, 0.6) is 10.9 Å². The highest BCUT2D eigenvalue weighted by molar-refractivity contribution is 7.13. The van der Waals surface area contributed by atoms with E-state index in [0.717, 1.165) is 18.8 Å². The number of nitrogens with zero attached hydrogens (tertiary/aromatic N) is 7. The minimum Gasteiger partial charge on any atom is -0.481 e. The number of hydrogen-bond acceptors (Lipinski definition) is 10. The molecule has 0 spiro atoms. The minimum atomic E-state index is -4.61. The molecule has 4 aromatic rings. The van der Waals surface area contributed by atoms with Gasteiger partial charge in [0.15, 0.2) is 19.0 Å². The molecule has 0 atom stereocenters. The first kappa shape index (κ1) is 36.4. The van der Waals surface area contributed by atoms with Crippen LogP contribution in [0.4, 0.5) is 39.0 Å². The Hall–Kier alpha value is -4.89. The van der Waals surface area contributed by atoms with Crippen LogP contribution in [0.25, 0.3) is 0 Å². The van der Waals surface area contributed by atoms with Gasteiger partial charge in [0.05, 0.1) is 12.2 Å². The third kappa shape index (κ3) is 8.28. The van der Waals surface area contributed by atoms with Gasteiger partial charge < -0.3 is 18.9 Å². The third-order valence-electron chi connectivity index (χ3n) is 7.29. The van der Waals surface area contributed by atoms with E-state index in [4.69, 9.17) is 15.9 Å². The van der Waals surface area contributed by atoms with Gasteiger partial charge in [-0.25, -0.2) is 13.8 Å². The molecule has 0 aliphatic carbocycles. The maximum absolute atomic E-state index is 14.5. The van der Waals surface area contributed by atoms with Gasteiger partial charge in [-0.2, -0.15) is 17.5 Å². The fourth-order valence-electron chi connectivity index (χ4n) is 5.15. The number of alkyl halides is 3. The van der Waals surface area contributed by atoms with Crippen molar-refractivity contribution in [2.45, 2.75) is 52.9 Å². The zero-order valence-corrected chi connectivity index (χ0v) is 28.8. The number of carbonyl (C=O) groups excluding carboxylic acids is 2. The van der Waals surface area contributed by atoms with Gasteiger partial charge in [-0.3, -0.25) is 14.5 Å². The zero-order valence-electron chi connectivity index (χ0n) is 27.1. The number of rotatable bonds is 7. The smallest absolute Gasteiger partial charge is 0.445 e. The number of amides is 2. The lowest BCUT2D eigenvalue weighted by molar-refractivity contribution is -0.138. The van der Waals surface area contributed by atoms with Crippen molar-refractivity contribution in [2.75, 3.05) is 29.6 Å². The van der Waals surface area contributed by atoms with E-state index in [9.17, 15) is 31.5 Å². The SMILES string of the molecule is C#CCN1C(=O)COc2cc(F)c(N=c3snc4n3CC(C)(C)C4)cc21.CC(C)N(C(=O)COc1nnc(C(F)(F)F)s1)c1ccc(F)cc1.